The molecule has 0 bridgehead atoms. The summed E-state index contributed by atoms with van der Waals surface area (Å²) in [6, 6.07) is 13.0. The van der Waals surface area contributed by atoms with E-state index in [0.29, 0.717) is 36.0 Å². The number of epoxide rings is 1. The third-order valence-corrected chi connectivity index (χ3v) is 9.78. The number of sulfone groups is 1. The maximum absolute atomic E-state index is 13.0. The number of carbonyl (C=O) groups is 1. The fourth-order valence-corrected chi connectivity index (χ4v) is 6.18. The summed E-state index contributed by atoms with van der Waals surface area (Å²) >= 11 is 0. The molecule has 2 unspecified atom stereocenters. The van der Waals surface area contributed by atoms with Crippen LogP contribution in [0.2, 0.25) is 0 Å². The third kappa shape index (κ3) is 7.36. The van der Waals surface area contributed by atoms with Crippen LogP contribution in [-0.4, -0.2) is 38.5 Å². The van der Waals surface area contributed by atoms with Crippen molar-refractivity contribution < 1.29 is 31.1 Å². The van der Waals surface area contributed by atoms with Gasteiger partial charge in [0.1, 0.15) is 12.3 Å². The Morgan fingerprint density at radius 2 is 1.68 bits per heavy atom. The van der Waals surface area contributed by atoms with Crippen molar-refractivity contribution in [2.45, 2.75) is 87.9 Å². The molecular weight excluding hydrogens is 543 g/mol. The van der Waals surface area contributed by atoms with Crippen LogP contribution in [-0.2, 0) is 25.9 Å². The lowest BCUT2D eigenvalue weighted by atomic mass is 9.80. The molecule has 7 nitrogen and oxygen atoms in total. The van der Waals surface area contributed by atoms with Gasteiger partial charge in [0.25, 0.3) is 0 Å². The summed E-state index contributed by atoms with van der Waals surface area (Å²) in [7, 11) is -3.24. The molecule has 1 saturated heterocycles. The Labute approximate surface area is 233 Å². The van der Waals surface area contributed by atoms with Crippen molar-refractivity contribution in [3.8, 4) is 0 Å². The van der Waals surface area contributed by atoms with Crippen LogP contribution >= 0.6 is 0 Å². The number of carbonyl (C=O) groups excluding carboxylic acids is 1. The number of amides is 1. The van der Waals surface area contributed by atoms with Crippen molar-refractivity contribution in [2.24, 2.45) is 11.8 Å². The van der Waals surface area contributed by atoms with E-state index in [1.165, 1.54) is 0 Å². The van der Waals surface area contributed by atoms with Crippen molar-refractivity contribution >= 4 is 27.1 Å². The summed E-state index contributed by atoms with van der Waals surface area (Å²) in [6.45, 7) is 2.13. The third-order valence-electron chi connectivity index (χ3n) is 8.03. The molecule has 0 spiro atoms. The molecule has 3 N–H and O–H groups in total. The van der Waals surface area contributed by atoms with Gasteiger partial charge in [-0.15, -0.1) is 0 Å². The maximum Gasteiger partial charge on any atom is 0.391 e. The molecule has 218 valence electrons. The first kappa shape index (κ1) is 28.9. The standard InChI is InChI=1S/C29H36F3N3O4S/c1-2-40(37,38)23-12-5-19(6-13-23)17-33-28-27(39-28)20-7-14-24(34-22-10-11-22)25(16-20)35-26(36)15-18-3-8-21(9-4-18)29(30,31)32/h5-7,12-14,16,18,21-22,27-28,33-34H,2-4,8-11,15,17H2,1H3,(H,35,36). The Morgan fingerprint density at radius 3 is 2.30 bits per heavy atom. The van der Waals surface area contributed by atoms with Crippen molar-refractivity contribution in [3.05, 3.63) is 53.6 Å². The Kier molecular flexibility index (Phi) is 8.45. The molecule has 0 radical (unpaired) electrons. The van der Waals surface area contributed by atoms with Gasteiger partial charge < -0.3 is 15.4 Å². The minimum absolute atomic E-state index is 0.0434. The summed E-state index contributed by atoms with van der Waals surface area (Å²) < 4.78 is 68.8. The average molecular weight is 580 g/mol. The fourth-order valence-electron chi connectivity index (χ4n) is 5.29. The molecule has 5 rings (SSSR count). The zero-order chi connectivity index (χ0) is 28.5. The zero-order valence-electron chi connectivity index (χ0n) is 22.5. The Morgan fingerprint density at radius 1 is 0.975 bits per heavy atom. The van der Waals surface area contributed by atoms with Crippen molar-refractivity contribution in [2.75, 3.05) is 16.4 Å². The molecule has 11 heteroatoms. The van der Waals surface area contributed by atoms with Crippen LogP contribution in [0.3, 0.4) is 0 Å². The lowest BCUT2D eigenvalue weighted by Gasteiger charge is -2.29. The Hall–Kier alpha value is -2.63. The monoisotopic (exact) mass is 579 g/mol. The van der Waals surface area contributed by atoms with Crippen LogP contribution in [0.4, 0.5) is 24.5 Å². The Balaban J connectivity index is 1.17. The van der Waals surface area contributed by atoms with E-state index in [2.05, 4.69) is 16.0 Å². The predicted molar refractivity (Wildman–Crippen MR) is 146 cm³/mol. The number of hydrogen-bond donors (Lipinski definition) is 3. The van der Waals surface area contributed by atoms with Gasteiger partial charge in [0.15, 0.2) is 9.84 Å². The molecule has 2 atom stereocenters. The van der Waals surface area contributed by atoms with Crippen LogP contribution in [0.15, 0.2) is 47.4 Å². The highest BCUT2D eigenvalue weighted by atomic mass is 32.2. The first-order chi connectivity index (χ1) is 19.0. The summed E-state index contributed by atoms with van der Waals surface area (Å²) in [5.74, 6) is -1.43. The molecule has 3 fully saturated rings. The second-order valence-electron chi connectivity index (χ2n) is 11.1. The highest BCUT2D eigenvalue weighted by molar-refractivity contribution is 7.91. The molecule has 2 aliphatic carbocycles. The second-order valence-corrected chi connectivity index (χ2v) is 13.4. The van der Waals surface area contributed by atoms with E-state index >= 15 is 0 Å². The van der Waals surface area contributed by atoms with Crippen molar-refractivity contribution in [1.82, 2.24) is 5.32 Å². The smallest absolute Gasteiger partial charge is 0.381 e. The molecule has 2 aromatic rings. The van der Waals surface area contributed by atoms with Crippen LogP contribution in [0.25, 0.3) is 0 Å². The summed E-state index contributed by atoms with van der Waals surface area (Å²) in [5, 5.41) is 9.77. The van der Waals surface area contributed by atoms with Crippen LogP contribution < -0.4 is 16.0 Å². The number of alkyl halides is 3. The minimum atomic E-state index is -4.16. The number of hydrogen-bond acceptors (Lipinski definition) is 6. The average Bonchev–Trinajstić information content (AvgIpc) is 3.85. The lowest BCUT2D eigenvalue weighted by molar-refractivity contribution is -0.183. The molecule has 2 saturated carbocycles. The number of benzene rings is 2. The normalized spacial score (nSPS) is 24.9. The number of anilines is 2. The zero-order valence-corrected chi connectivity index (χ0v) is 23.3. The van der Waals surface area contributed by atoms with Gasteiger partial charge in [-0.25, -0.2) is 8.42 Å². The van der Waals surface area contributed by atoms with Crippen molar-refractivity contribution in [1.29, 1.82) is 0 Å². The second kappa shape index (κ2) is 11.7. The topological polar surface area (TPSA) is 99.8 Å². The van der Waals surface area contributed by atoms with Crippen LogP contribution in [0.1, 0.15) is 69.1 Å². The summed E-state index contributed by atoms with van der Waals surface area (Å²) in [6.07, 6.45) is -1.23. The van der Waals surface area contributed by atoms with Gasteiger partial charge in [0.2, 0.25) is 5.91 Å². The van der Waals surface area contributed by atoms with E-state index in [1.54, 1.807) is 31.2 Å². The maximum atomic E-state index is 13.0. The SMILES string of the molecule is CCS(=O)(=O)c1ccc(CNC2OC2c2ccc(NC3CC3)c(NC(=O)CC3CCC(C(F)(F)F)CC3)c2)cc1. The van der Waals surface area contributed by atoms with E-state index in [9.17, 15) is 26.4 Å². The fraction of sp³-hybridized carbons (Fsp3) is 0.552. The van der Waals surface area contributed by atoms with Gasteiger partial charge in [-0.1, -0.05) is 25.1 Å². The van der Waals surface area contributed by atoms with E-state index in [4.69, 9.17) is 4.74 Å². The highest BCUT2D eigenvalue weighted by Gasteiger charge is 2.42. The van der Waals surface area contributed by atoms with E-state index in [-0.39, 0.29) is 49.2 Å². The highest BCUT2D eigenvalue weighted by Crippen LogP contribution is 2.42. The molecule has 2 aromatic carbocycles. The summed E-state index contributed by atoms with van der Waals surface area (Å²) in [5.41, 5.74) is 3.32. The first-order valence-electron chi connectivity index (χ1n) is 14.0. The first-order valence-corrected chi connectivity index (χ1v) is 15.6. The number of rotatable bonds is 11. The van der Waals surface area contributed by atoms with Gasteiger partial charge in [0, 0.05) is 19.0 Å². The van der Waals surface area contributed by atoms with Gasteiger partial charge in [-0.05, 0) is 79.8 Å². The molecule has 40 heavy (non-hydrogen) atoms. The van der Waals surface area contributed by atoms with Crippen LogP contribution in [0.5, 0.6) is 0 Å². The predicted octanol–water partition coefficient (Wildman–Crippen LogP) is 5.94. The van der Waals surface area contributed by atoms with Gasteiger partial charge >= 0.3 is 6.18 Å². The molecule has 0 aromatic heterocycles. The number of nitrogens with one attached hydrogen (secondary N) is 3. The molecule has 1 amide bonds. The number of halogens is 3. The number of ether oxygens (including phenoxy) is 1. The van der Waals surface area contributed by atoms with Crippen molar-refractivity contribution in [3.63, 3.8) is 0 Å². The minimum Gasteiger partial charge on any atom is -0.381 e. The van der Waals surface area contributed by atoms with E-state index in [0.717, 1.165) is 29.7 Å². The van der Waals surface area contributed by atoms with E-state index in [1.807, 2.05) is 18.2 Å². The van der Waals surface area contributed by atoms with Gasteiger partial charge in [-0.2, -0.15) is 13.2 Å². The molecular formula is C29H36F3N3O4S. The quantitative estimate of drug-likeness (QED) is 0.285. The van der Waals surface area contributed by atoms with Gasteiger partial charge in [-0.3, -0.25) is 10.1 Å². The van der Waals surface area contributed by atoms with Gasteiger partial charge in [0.05, 0.1) is 27.9 Å². The molecule has 1 aliphatic heterocycles. The Bertz CT molecular complexity index is 1300. The lowest BCUT2D eigenvalue weighted by Crippen LogP contribution is -2.29. The molecule has 1 heterocycles. The van der Waals surface area contributed by atoms with E-state index < -0.39 is 21.9 Å². The summed E-state index contributed by atoms with van der Waals surface area (Å²) in [4.78, 5) is 13.2. The van der Waals surface area contributed by atoms with Crippen LogP contribution in [0, 0.1) is 11.8 Å². The molecule has 3 aliphatic rings. The largest absolute Gasteiger partial charge is 0.391 e.